The summed E-state index contributed by atoms with van der Waals surface area (Å²) >= 11 is 1.55. The molecule has 140 valence electrons. The van der Waals surface area contributed by atoms with Gasteiger partial charge in [0.05, 0.1) is 38.3 Å². The number of thioether (sulfide) groups is 1. The summed E-state index contributed by atoms with van der Waals surface area (Å²) in [6.45, 7) is 1.91. The van der Waals surface area contributed by atoms with Gasteiger partial charge >= 0.3 is 0 Å². The Morgan fingerprint density at radius 2 is 1.86 bits per heavy atom. The molecule has 3 aromatic heterocycles. The summed E-state index contributed by atoms with van der Waals surface area (Å²) in [5.41, 5.74) is 4.42. The molecule has 0 unspecified atom stereocenters. The molecule has 5 rings (SSSR count). The van der Waals surface area contributed by atoms with Gasteiger partial charge in [-0.25, -0.2) is 9.97 Å². The second-order valence-electron chi connectivity index (χ2n) is 6.73. The van der Waals surface area contributed by atoms with Gasteiger partial charge in [0.15, 0.2) is 5.65 Å². The predicted molar refractivity (Wildman–Crippen MR) is 114 cm³/mol. The first-order valence-corrected chi connectivity index (χ1v) is 10.1. The third-order valence-electron chi connectivity index (χ3n) is 4.87. The van der Waals surface area contributed by atoms with Crippen LogP contribution in [0.2, 0.25) is 0 Å². The molecular formula is C22H15N5OS. The number of aromatic nitrogens is 4. The third-order valence-corrected chi connectivity index (χ3v) is 5.88. The summed E-state index contributed by atoms with van der Waals surface area (Å²) in [5.74, 6) is 1.10. The van der Waals surface area contributed by atoms with Crippen LogP contribution in [0, 0.1) is 18.3 Å². The van der Waals surface area contributed by atoms with E-state index in [9.17, 15) is 10.1 Å². The van der Waals surface area contributed by atoms with Gasteiger partial charge in [-0.3, -0.25) is 9.20 Å². The van der Waals surface area contributed by atoms with Crippen LogP contribution in [0.5, 0.6) is 0 Å². The molecule has 0 bridgehead atoms. The van der Waals surface area contributed by atoms with Gasteiger partial charge in [0, 0.05) is 0 Å². The highest BCUT2D eigenvalue weighted by Crippen LogP contribution is 2.30. The van der Waals surface area contributed by atoms with Crippen LogP contribution in [0.4, 0.5) is 0 Å². The fourth-order valence-corrected chi connectivity index (χ4v) is 4.50. The Balaban J connectivity index is 1.63. The highest BCUT2D eigenvalue weighted by Gasteiger charge is 2.15. The number of nitrogens with zero attached hydrogens (tertiary/aromatic N) is 4. The van der Waals surface area contributed by atoms with Crippen molar-refractivity contribution in [2.45, 2.75) is 17.7 Å². The molecule has 0 aliphatic rings. The number of aromatic amines is 1. The first-order valence-electron chi connectivity index (χ1n) is 9.07. The Morgan fingerprint density at radius 3 is 2.69 bits per heavy atom. The zero-order chi connectivity index (χ0) is 20.0. The predicted octanol–water partition coefficient (Wildman–Crippen LogP) is 4.20. The number of aryl methyl sites for hydroxylation is 1. The standard InChI is InChI=1S/C22H15N5OS/c1-13-10-20(27-18-9-5-4-8-17(18)25-21(27)15(13)11-23)29-12-19-24-16-7-3-2-6-14(16)22(28)26-19/h2-10H,12H2,1H3,(H,24,26,28). The van der Waals surface area contributed by atoms with Gasteiger partial charge in [0.25, 0.3) is 5.56 Å². The van der Waals surface area contributed by atoms with E-state index in [4.69, 9.17) is 0 Å². The zero-order valence-corrected chi connectivity index (χ0v) is 16.3. The first-order chi connectivity index (χ1) is 14.2. The van der Waals surface area contributed by atoms with E-state index in [-0.39, 0.29) is 5.56 Å². The molecule has 5 aromatic rings. The number of hydrogen-bond acceptors (Lipinski definition) is 5. The maximum atomic E-state index is 12.3. The number of rotatable bonds is 3. The summed E-state index contributed by atoms with van der Waals surface area (Å²) in [6, 6.07) is 19.4. The van der Waals surface area contributed by atoms with Crippen molar-refractivity contribution in [2.75, 3.05) is 0 Å². The molecule has 0 aliphatic heterocycles. The minimum absolute atomic E-state index is 0.138. The second kappa shape index (κ2) is 6.76. The van der Waals surface area contributed by atoms with Crippen LogP contribution >= 0.6 is 11.8 Å². The average Bonchev–Trinajstić information content (AvgIpc) is 3.11. The molecule has 0 spiro atoms. The van der Waals surface area contributed by atoms with Crippen molar-refractivity contribution in [2.24, 2.45) is 0 Å². The van der Waals surface area contributed by atoms with Gasteiger partial charge in [0.1, 0.15) is 11.9 Å². The van der Waals surface area contributed by atoms with Crippen molar-refractivity contribution in [1.82, 2.24) is 19.4 Å². The van der Waals surface area contributed by atoms with E-state index in [1.165, 1.54) is 0 Å². The maximum absolute atomic E-state index is 12.3. The Morgan fingerprint density at radius 1 is 1.10 bits per heavy atom. The van der Waals surface area contributed by atoms with E-state index < -0.39 is 0 Å². The van der Waals surface area contributed by atoms with E-state index >= 15 is 0 Å². The number of hydrogen-bond donors (Lipinski definition) is 1. The summed E-state index contributed by atoms with van der Waals surface area (Å²) in [6.07, 6.45) is 0. The Labute approximate surface area is 169 Å². The van der Waals surface area contributed by atoms with Crippen LogP contribution in [-0.2, 0) is 5.75 Å². The largest absolute Gasteiger partial charge is 0.309 e. The molecule has 6 nitrogen and oxygen atoms in total. The zero-order valence-electron chi connectivity index (χ0n) is 15.5. The fourth-order valence-electron chi connectivity index (χ4n) is 3.50. The van der Waals surface area contributed by atoms with Crippen molar-refractivity contribution in [3.8, 4) is 6.07 Å². The average molecular weight is 397 g/mol. The lowest BCUT2D eigenvalue weighted by molar-refractivity contribution is 1.01. The lowest BCUT2D eigenvalue weighted by Gasteiger charge is -2.10. The van der Waals surface area contributed by atoms with Crippen LogP contribution in [0.25, 0.3) is 27.6 Å². The normalized spacial score (nSPS) is 11.3. The molecule has 3 heterocycles. The molecule has 0 aliphatic carbocycles. The first kappa shape index (κ1) is 17.5. The van der Waals surface area contributed by atoms with Gasteiger partial charge in [-0.1, -0.05) is 36.0 Å². The Kier molecular flexibility index (Phi) is 4.07. The van der Waals surface area contributed by atoms with Gasteiger partial charge in [0.2, 0.25) is 0 Å². The number of benzene rings is 2. The summed E-state index contributed by atoms with van der Waals surface area (Å²) < 4.78 is 2.00. The van der Waals surface area contributed by atoms with Crippen LogP contribution < -0.4 is 5.56 Å². The SMILES string of the molecule is Cc1cc(SCc2nc3ccccc3c(=O)[nH]2)n2c(nc3ccccc32)c1C#N. The van der Waals surface area contributed by atoms with E-state index in [0.29, 0.717) is 33.7 Å². The van der Waals surface area contributed by atoms with Crippen molar-refractivity contribution in [3.63, 3.8) is 0 Å². The molecule has 29 heavy (non-hydrogen) atoms. The molecule has 0 amide bonds. The molecule has 0 fully saturated rings. The molecular weight excluding hydrogens is 382 g/mol. The minimum atomic E-state index is -0.138. The van der Waals surface area contributed by atoms with Crippen LogP contribution in [0.15, 0.2) is 64.4 Å². The maximum Gasteiger partial charge on any atom is 0.258 e. The number of para-hydroxylation sites is 3. The molecule has 1 N–H and O–H groups in total. The van der Waals surface area contributed by atoms with Gasteiger partial charge in [-0.2, -0.15) is 5.26 Å². The lowest BCUT2D eigenvalue weighted by atomic mass is 10.2. The number of nitrogens with one attached hydrogen (secondary N) is 1. The van der Waals surface area contributed by atoms with Crippen molar-refractivity contribution in [1.29, 1.82) is 5.26 Å². The highest BCUT2D eigenvalue weighted by molar-refractivity contribution is 7.98. The quantitative estimate of drug-likeness (QED) is 0.461. The molecule has 0 saturated carbocycles. The number of H-pyrrole nitrogens is 1. The Bertz CT molecular complexity index is 1510. The number of nitriles is 1. The number of fused-ring (bicyclic) bond motifs is 4. The topological polar surface area (TPSA) is 86.8 Å². The van der Waals surface area contributed by atoms with E-state index in [2.05, 4.69) is 21.0 Å². The smallest absolute Gasteiger partial charge is 0.258 e. The number of pyridine rings is 1. The van der Waals surface area contributed by atoms with Crippen molar-refractivity contribution < 1.29 is 0 Å². The molecule has 0 atom stereocenters. The van der Waals surface area contributed by atoms with E-state index in [1.807, 2.05) is 59.9 Å². The highest BCUT2D eigenvalue weighted by atomic mass is 32.2. The molecule has 7 heteroatoms. The van der Waals surface area contributed by atoms with Crippen LogP contribution in [0.1, 0.15) is 17.0 Å². The van der Waals surface area contributed by atoms with Gasteiger partial charge in [-0.15, -0.1) is 0 Å². The monoisotopic (exact) mass is 397 g/mol. The molecule has 2 aromatic carbocycles. The van der Waals surface area contributed by atoms with Gasteiger partial charge in [-0.05, 0) is 42.8 Å². The summed E-state index contributed by atoms with van der Waals surface area (Å²) in [7, 11) is 0. The summed E-state index contributed by atoms with van der Waals surface area (Å²) in [5, 5.41) is 11.1. The molecule has 0 saturated heterocycles. The lowest BCUT2D eigenvalue weighted by Crippen LogP contribution is -2.11. The van der Waals surface area contributed by atoms with E-state index in [0.717, 1.165) is 21.6 Å². The number of imidazole rings is 1. The molecule has 0 radical (unpaired) electrons. The van der Waals surface area contributed by atoms with Crippen molar-refractivity contribution in [3.05, 3.63) is 81.9 Å². The van der Waals surface area contributed by atoms with Crippen molar-refractivity contribution >= 4 is 39.3 Å². The van der Waals surface area contributed by atoms with E-state index in [1.54, 1.807) is 17.8 Å². The fraction of sp³-hybridized carbons (Fsp3) is 0.0909. The van der Waals surface area contributed by atoms with Gasteiger partial charge < -0.3 is 4.98 Å². The summed E-state index contributed by atoms with van der Waals surface area (Å²) in [4.78, 5) is 24.5. The van der Waals surface area contributed by atoms with Crippen LogP contribution in [0.3, 0.4) is 0 Å². The third kappa shape index (κ3) is 2.85. The second-order valence-corrected chi connectivity index (χ2v) is 7.73. The Hall–Kier alpha value is -3.63. The minimum Gasteiger partial charge on any atom is -0.309 e. The van der Waals surface area contributed by atoms with Crippen LogP contribution in [-0.4, -0.2) is 19.4 Å².